The largest absolute Gasteiger partial charge is 0.619 e. The van der Waals surface area contributed by atoms with E-state index < -0.39 is 17.6 Å². The molecule has 0 bridgehead atoms. The summed E-state index contributed by atoms with van der Waals surface area (Å²) in [7, 11) is 1.66. The Bertz CT molecular complexity index is 991. The Morgan fingerprint density at radius 1 is 1.14 bits per heavy atom. The monoisotopic (exact) mass is 388 g/mol. The number of alkyl halides is 3. The van der Waals surface area contributed by atoms with Gasteiger partial charge in [-0.05, 0) is 30.3 Å². The van der Waals surface area contributed by atoms with Gasteiger partial charge >= 0.3 is 6.18 Å². The predicted molar refractivity (Wildman–Crippen MR) is 97.1 cm³/mol. The molecule has 0 unspecified atom stereocenters. The normalized spacial score (nSPS) is 11.1. The molecule has 0 radical (unpaired) electrons. The van der Waals surface area contributed by atoms with E-state index in [0.717, 1.165) is 12.1 Å². The fourth-order valence-corrected chi connectivity index (χ4v) is 2.56. The molecule has 1 N–H and O–H groups in total. The van der Waals surface area contributed by atoms with Crippen molar-refractivity contribution < 1.29 is 22.7 Å². The van der Waals surface area contributed by atoms with Crippen molar-refractivity contribution in [3.8, 4) is 0 Å². The Kier molecular flexibility index (Phi) is 5.16. The first-order chi connectivity index (χ1) is 13.3. The maximum absolute atomic E-state index is 12.9. The summed E-state index contributed by atoms with van der Waals surface area (Å²) in [5.41, 5.74) is -0.0615. The molecule has 2 heterocycles. The molecule has 0 aliphatic carbocycles. The van der Waals surface area contributed by atoms with Crippen molar-refractivity contribution in [2.45, 2.75) is 6.18 Å². The third kappa shape index (κ3) is 4.20. The summed E-state index contributed by atoms with van der Waals surface area (Å²) in [6, 6.07) is 10.5. The molecule has 3 rings (SSSR count). The van der Waals surface area contributed by atoms with Gasteiger partial charge in [0.1, 0.15) is 5.82 Å². The van der Waals surface area contributed by atoms with E-state index in [2.05, 4.69) is 10.3 Å². The lowest BCUT2D eigenvalue weighted by Crippen LogP contribution is -2.25. The lowest BCUT2D eigenvalue weighted by atomic mass is 10.1. The van der Waals surface area contributed by atoms with Crippen molar-refractivity contribution in [2.24, 2.45) is 0 Å². The molecule has 0 fully saturated rings. The smallest absolute Gasteiger partial charge is 0.416 e. The molecule has 9 heteroatoms. The van der Waals surface area contributed by atoms with Gasteiger partial charge in [-0.1, -0.05) is 6.07 Å². The van der Waals surface area contributed by atoms with Crippen LogP contribution in [0.15, 0.2) is 67.1 Å². The van der Waals surface area contributed by atoms with E-state index in [1.54, 1.807) is 30.1 Å². The molecule has 6 nitrogen and oxygen atoms in total. The van der Waals surface area contributed by atoms with Gasteiger partial charge in [-0.3, -0.25) is 4.79 Å². The lowest BCUT2D eigenvalue weighted by Gasteiger charge is -2.20. The number of benzene rings is 1. The number of pyridine rings is 2. The van der Waals surface area contributed by atoms with Crippen molar-refractivity contribution in [3.63, 3.8) is 0 Å². The first kappa shape index (κ1) is 19.2. The van der Waals surface area contributed by atoms with Crippen molar-refractivity contribution in [1.82, 2.24) is 4.98 Å². The molecule has 144 valence electrons. The van der Waals surface area contributed by atoms with Crippen LogP contribution in [0.4, 0.5) is 30.4 Å². The van der Waals surface area contributed by atoms with Crippen LogP contribution < -0.4 is 14.9 Å². The van der Waals surface area contributed by atoms with Gasteiger partial charge < -0.3 is 15.4 Å². The summed E-state index contributed by atoms with van der Waals surface area (Å²) < 4.78 is 39.2. The highest BCUT2D eigenvalue weighted by Crippen LogP contribution is 2.31. The molecular weight excluding hydrogens is 373 g/mol. The SMILES string of the molecule is CN(c1cc[n+]([O-])cc1)c1ncccc1C(=O)Nc1cccc(C(F)(F)F)c1. The van der Waals surface area contributed by atoms with Crippen LogP contribution in [0, 0.1) is 5.21 Å². The highest BCUT2D eigenvalue weighted by atomic mass is 19.4. The Morgan fingerprint density at radius 3 is 2.54 bits per heavy atom. The van der Waals surface area contributed by atoms with Crippen LogP contribution in [0.25, 0.3) is 0 Å². The third-order valence-electron chi connectivity index (χ3n) is 3.97. The number of aromatic nitrogens is 2. The highest BCUT2D eigenvalue weighted by molar-refractivity contribution is 6.08. The summed E-state index contributed by atoms with van der Waals surface area (Å²) in [6.45, 7) is 0. The number of amides is 1. The molecule has 3 aromatic rings. The average molecular weight is 388 g/mol. The minimum absolute atomic E-state index is 0.0180. The maximum Gasteiger partial charge on any atom is 0.416 e. The lowest BCUT2D eigenvalue weighted by molar-refractivity contribution is -0.605. The van der Waals surface area contributed by atoms with Crippen molar-refractivity contribution >= 4 is 23.1 Å². The number of rotatable bonds is 4. The number of halogens is 3. The molecule has 1 aromatic carbocycles. The van der Waals surface area contributed by atoms with Crippen LogP contribution in [0.5, 0.6) is 0 Å². The van der Waals surface area contributed by atoms with E-state index in [1.165, 1.54) is 36.8 Å². The van der Waals surface area contributed by atoms with Gasteiger partial charge in [0, 0.05) is 31.1 Å². The first-order valence-corrected chi connectivity index (χ1v) is 8.12. The minimum Gasteiger partial charge on any atom is -0.619 e. The van der Waals surface area contributed by atoms with Crippen LogP contribution >= 0.6 is 0 Å². The average Bonchev–Trinajstić information content (AvgIpc) is 2.67. The van der Waals surface area contributed by atoms with Gasteiger partial charge in [-0.15, -0.1) is 0 Å². The van der Waals surface area contributed by atoms with E-state index in [-0.39, 0.29) is 17.1 Å². The molecule has 0 aliphatic heterocycles. The minimum atomic E-state index is -4.51. The van der Waals surface area contributed by atoms with Gasteiger partial charge in [0.15, 0.2) is 12.4 Å². The number of nitrogens with one attached hydrogen (secondary N) is 1. The van der Waals surface area contributed by atoms with E-state index in [4.69, 9.17) is 0 Å². The zero-order chi connectivity index (χ0) is 20.3. The summed E-state index contributed by atoms with van der Waals surface area (Å²) >= 11 is 0. The van der Waals surface area contributed by atoms with Crippen molar-refractivity contribution in [1.29, 1.82) is 0 Å². The number of nitrogens with zero attached hydrogens (tertiary/aromatic N) is 3. The van der Waals surface area contributed by atoms with Gasteiger partial charge in [0.2, 0.25) is 0 Å². The third-order valence-corrected chi connectivity index (χ3v) is 3.97. The fraction of sp³-hybridized carbons (Fsp3) is 0.105. The molecule has 1 amide bonds. The highest BCUT2D eigenvalue weighted by Gasteiger charge is 2.30. The number of carbonyl (C=O) groups excluding carboxylic acids is 1. The van der Waals surface area contributed by atoms with Crippen molar-refractivity contribution in [3.05, 3.63) is 83.5 Å². The quantitative estimate of drug-likeness (QED) is 0.546. The number of anilines is 3. The van der Waals surface area contributed by atoms with Crippen LogP contribution in [0.2, 0.25) is 0 Å². The second-order valence-corrected chi connectivity index (χ2v) is 5.88. The van der Waals surface area contributed by atoms with E-state index >= 15 is 0 Å². The molecule has 0 atom stereocenters. The number of hydrogen-bond acceptors (Lipinski definition) is 4. The molecular formula is C19H15F3N4O2. The Hall–Kier alpha value is -3.62. The van der Waals surface area contributed by atoms with Crippen molar-refractivity contribution in [2.75, 3.05) is 17.3 Å². The van der Waals surface area contributed by atoms with E-state index in [9.17, 15) is 23.2 Å². The fourth-order valence-electron chi connectivity index (χ4n) is 2.56. The zero-order valence-electron chi connectivity index (χ0n) is 14.6. The molecule has 0 aliphatic rings. The summed E-state index contributed by atoms with van der Waals surface area (Å²) in [4.78, 5) is 18.5. The molecule has 28 heavy (non-hydrogen) atoms. The Labute approximate surface area is 158 Å². The van der Waals surface area contributed by atoms with Crippen LogP contribution in [-0.4, -0.2) is 17.9 Å². The number of carbonyl (C=O) groups is 1. The standard InChI is InChI=1S/C19H15F3N4O2/c1-25(15-7-10-26(28)11-8-15)17-16(6-3-9-23-17)18(27)24-14-5-2-4-13(12-14)19(20,21)22/h2-12H,1H3,(H,24,27). The Morgan fingerprint density at radius 2 is 1.86 bits per heavy atom. The zero-order valence-corrected chi connectivity index (χ0v) is 14.6. The van der Waals surface area contributed by atoms with Gasteiger partial charge in [0.25, 0.3) is 5.91 Å². The van der Waals surface area contributed by atoms with Gasteiger partial charge in [0.05, 0.1) is 16.8 Å². The number of hydrogen-bond donors (Lipinski definition) is 1. The molecule has 0 spiro atoms. The van der Waals surface area contributed by atoms with Crippen LogP contribution in [0.1, 0.15) is 15.9 Å². The predicted octanol–water partition coefficient (Wildman–Crippen LogP) is 3.75. The molecule has 0 saturated heterocycles. The second kappa shape index (κ2) is 7.55. The molecule has 0 saturated carbocycles. The maximum atomic E-state index is 12.9. The summed E-state index contributed by atoms with van der Waals surface area (Å²) in [5.74, 6) is -0.320. The first-order valence-electron chi connectivity index (χ1n) is 8.12. The summed E-state index contributed by atoms with van der Waals surface area (Å²) in [6.07, 6.45) is -0.413. The topological polar surface area (TPSA) is 72.2 Å². The Balaban J connectivity index is 1.88. The van der Waals surface area contributed by atoms with Crippen LogP contribution in [0.3, 0.4) is 0 Å². The molecule has 2 aromatic heterocycles. The van der Waals surface area contributed by atoms with Gasteiger partial charge in [-0.25, -0.2) is 4.98 Å². The van der Waals surface area contributed by atoms with E-state index in [0.29, 0.717) is 10.4 Å². The van der Waals surface area contributed by atoms with Gasteiger partial charge in [-0.2, -0.15) is 17.9 Å². The second-order valence-electron chi connectivity index (χ2n) is 5.88. The summed E-state index contributed by atoms with van der Waals surface area (Å²) in [5, 5.41) is 13.7. The van der Waals surface area contributed by atoms with Crippen LogP contribution in [-0.2, 0) is 6.18 Å². The van der Waals surface area contributed by atoms with E-state index in [1.807, 2.05) is 0 Å².